The molecule has 2 rings (SSSR count). The molecule has 0 aliphatic heterocycles. The number of carbonyl (C=O) groups is 1. The Bertz CT molecular complexity index is 363. The Morgan fingerprint density at radius 2 is 2.24 bits per heavy atom. The molecular formula is C12H18ClN3O. The van der Waals surface area contributed by atoms with Crippen LogP contribution in [0.25, 0.3) is 0 Å². The zero-order chi connectivity index (χ0) is 11.4. The van der Waals surface area contributed by atoms with Crippen molar-refractivity contribution in [1.29, 1.82) is 0 Å². The van der Waals surface area contributed by atoms with E-state index in [4.69, 9.17) is 5.73 Å². The molecule has 1 aromatic rings. The first-order valence-electron chi connectivity index (χ1n) is 5.71. The number of pyridine rings is 1. The molecule has 1 aliphatic rings. The molecule has 0 aromatic carbocycles. The number of nitrogens with one attached hydrogen (secondary N) is 1. The summed E-state index contributed by atoms with van der Waals surface area (Å²) in [7, 11) is 0. The highest BCUT2D eigenvalue weighted by atomic mass is 35.5. The third kappa shape index (κ3) is 5.04. The Balaban J connectivity index is 0.00000144. The van der Waals surface area contributed by atoms with E-state index < -0.39 is 0 Å². The van der Waals surface area contributed by atoms with Gasteiger partial charge in [0.15, 0.2) is 0 Å². The van der Waals surface area contributed by atoms with Gasteiger partial charge in [0.2, 0.25) is 5.91 Å². The van der Waals surface area contributed by atoms with Crippen molar-refractivity contribution in [3.05, 3.63) is 24.0 Å². The van der Waals surface area contributed by atoms with Gasteiger partial charge < -0.3 is 11.1 Å². The van der Waals surface area contributed by atoms with Crippen LogP contribution in [-0.4, -0.2) is 17.4 Å². The summed E-state index contributed by atoms with van der Waals surface area (Å²) in [5.74, 6) is 0.896. The van der Waals surface area contributed by atoms with Crippen LogP contribution in [0.1, 0.15) is 25.0 Å². The minimum atomic E-state index is 0. The molecule has 1 amide bonds. The minimum absolute atomic E-state index is 0. The van der Waals surface area contributed by atoms with Crippen molar-refractivity contribution >= 4 is 24.0 Å². The topological polar surface area (TPSA) is 68.0 Å². The van der Waals surface area contributed by atoms with Crippen molar-refractivity contribution in [3.63, 3.8) is 0 Å². The lowest BCUT2D eigenvalue weighted by atomic mass is 10.2. The molecule has 0 bridgehead atoms. The Morgan fingerprint density at radius 1 is 1.47 bits per heavy atom. The van der Waals surface area contributed by atoms with Gasteiger partial charge in [0.05, 0.1) is 18.3 Å². The van der Waals surface area contributed by atoms with E-state index in [0.29, 0.717) is 12.1 Å². The molecule has 0 atom stereocenters. The van der Waals surface area contributed by atoms with Crippen LogP contribution in [0.15, 0.2) is 18.3 Å². The van der Waals surface area contributed by atoms with E-state index in [0.717, 1.165) is 24.6 Å². The minimum Gasteiger partial charge on any atom is -0.397 e. The van der Waals surface area contributed by atoms with Gasteiger partial charge in [0.1, 0.15) is 0 Å². The van der Waals surface area contributed by atoms with Gasteiger partial charge in [-0.05, 0) is 24.5 Å². The quantitative estimate of drug-likeness (QED) is 0.839. The first-order chi connectivity index (χ1) is 7.74. The van der Waals surface area contributed by atoms with E-state index in [1.54, 1.807) is 18.3 Å². The Kier molecular flexibility index (Phi) is 5.22. The third-order valence-corrected chi connectivity index (χ3v) is 2.76. The number of aromatic nitrogens is 1. The van der Waals surface area contributed by atoms with Crippen LogP contribution in [0.3, 0.4) is 0 Å². The largest absolute Gasteiger partial charge is 0.397 e. The number of hydrogen-bond acceptors (Lipinski definition) is 3. The van der Waals surface area contributed by atoms with Crippen LogP contribution >= 0.6 is 12.4 Å². The number of carbonyl (C=O) groups excluding carboxylic acids is 1. The molecule has 1 saturated carbocycles. The third-order valence-electron chi connectivity index (χ3n) is 2.76. The zero-order valence-electron chi connectivity index (χ0n) is 9.69. The molecule has 1 fully saturated rings. The second-order valence-electron chi connectivity index (χ2n) is 4.34. The standard InChI is InChI=1S/C12H17N3O.ClH/c13-10-3-4-11(15-8-10)7-12(16)14-6-5-9-1-2-9;/h3-4,8-9H,1-2,5-7,13H2,(H,14,16);1H. The zero-order valence-corrected chi connectivity index (χ0v) is 10.5. The van der Waals surface area contributed by atoms with Crippen molar-refractivity contribution in [2.45, 2.75) is 25.7 Å². The van der Waals surface area contributed by atoms with Crippen LogP contribution in [0, 0.1) is 5.92 Å². The fraction of sp³-hybridized carbons (Fsp3) is 0.500. The molecule has 3 N–H and O–H groups in total. The van der Waals surface area contributed by atoms with Crippen LogP contribution in [0.2, 0.25) is 0 Å². The van der Waals surface area contributed by atoms with Gasteiger partial charge in [-0.15, -0.1) is 12.4 Å². The fourth-order valence-corrected chi connectivity index (χ4v) is 1.59. The normalized spacial score (nSPS) is 13.9. The highest BCUT2D eigenvalue weighted by Crippen LogP contribution is 2.31. The van der Waals surface area contributed by atoms with Gasteiger partial charge in [0.25, 0.3) is 0 Å². The van der Waals surface area contributed by atoms with Crippen molar-refractivity contribution in [1.82, 2.24) is 10.3 Å². The van der Waals surface area contributed by atoms with E-state index in [1.165, 1.54) is 12.8 Å². The number of amides is 1. The first kappa shape index (κ1) is 13.8. The van der Waals surface area contributed by atoms with Crippen molar-refractivity contribution in [2.24, 2.45) is 5.92 Å². The summed E-state index contributed by atoms with van der Waals surface area (Å²) < 4.78 is 0. The smallest absolute Gasteiger partial charge is 0.226 e. The SMILES string of the molecule is Cl.Nc1ccc(CC(=O)NCCC2CC2)nc1. The summed E-state index contributed by atoms with van der Waals surface area (Å²) in [6.07, 6.45) is 5.68. The van der Waals surface area contributed by atoms with Gasteiger partial charge in [-0.1, -0.05) is 12.8 Å². The maximum atomic E-state index is 11.5. The van der Waals surface area contributed by atoms with Gasteiger partial charge in [-0.2, -0.15) is 0 Å². The van der Waals surface area contributed by atoms with Crippen LogP contribution in [-0.2, 0) is 11.2 Å². The van der Waals surface area contributed by atoms with E-state index in [-0.39, 0.29) is 18.3 Å². The number of anilines is 1. The maximum absolute atomic E-state index is 11.5. The Morgan fingerprint density at radius 3 is 2.82 bits per heavy atom. The van der Waals surface area contributed by atoms with Gasteiger partial charge in [-0.3, -0.25) is 9.78 Å². The van der Waals surface area contributed by atoms with Crippen molar-refractivity contribution < 1.29 is 4.79 Å². The lowest BCUT2D eigenvalue weighted by Crippen LogP contribution is -2.26. The molecule has 4 nitrogen and oxygen atoms in total. The molecule has 0 spiro atoms. The molecular weight excluding hydrogens is 238 g/mol. The predicted octanol–water partition coefficient (Wildman–Crippen LogP) is 1.54. The van der Waals surface area contributed by atoms with Crippen molar-refractivity contribution in [2.75, 3.05) is 12.3 Å². The monoisotopic (exact) mass is 255 g/mol. The number of nitrogen functional groups attached to an aromatic ring is 1. The van der Waals surface area contributed by atoms with E-state index in [9.17, 15) is 4.79 Å². The molecule has 5 heteroatoms. The lowest BCUT2D eigenvalue weighted by Gasteiger charge is -2.04. The van der Waals surface area contributed by atoms with Crippen molar-refractivity contribution in [3.8, 4) is 0 Å². The van der Waals surface area contributed by atoms with Crippen LogP contribution in [0.5, 0.6) is 0 Å². The number of rotatable bonds is 5. The second kappa shape index (κ2) is 6.45. The first-order valence-corrected chi connectivity index (χ1v) is 5.71. The van der Waals surface area contributed by atoms with E-state index in [1.807, 2.05) is 0 Å². The molecule has 1 aromatic heterocycles. The van der Waals surface area contributed by atoms with Crippen LogP contribution < -0.4 is 11.1 Å². The Labute approximate surface area is 107 Å². The second-order valence-corrected chi connectivity index (χ2v) is 4.34. The summed E-state index contributed by atoms with van der Waals surface area (Å²) in [6.45, 7) is 0.790. The molecule has 0 saturated heterocycles. The number of nitrogens with two attached hydrogens (primary N) is 1. The van der Waals surface area contributed by atoms with Crippen LogP contribution in [0.4, 0.5) is 5.69 Å². The fourth-order valence-electron chi connectivity index (χ4n) is 1.59. The maximum Gasteiger partial charge on any atom is 0.226 e. The molecule has 94 valence electrons. The summed E-state index contributed by atoms with van der Waals surface area (Å²) in [6, 6.07) is 3.55. The molecule has 1 heterocycles. The van der Waals surface area contributed by atoms with Gasteiger partial charge in [0, 0.05) is 12.2 Å². The predicted molar refractivity (Wildman–Crippen MR) is 70.0 cm³/mol. The van der Waals surface area contributed by atoms with Gasteiger partial charge in [-0.25, -0.2) is 0 Å². The van der Waals surface area contributed by atoms with E-state index in [2.05, 4.69) is 10.3 Å². The number of nitrogens with zero attached hydrogens (tertiary/aromatic N) is 1. The highest BCUT2D eigenvalue weighted by molar-refractivity contribution is 5.85. The summed E-state index contributed by atoms with van der Waals surface area (Å²) >= 11 is 0. The number of halogens is 1. The molecule has 1 aliphatic carbocycles. The number of hydrogen-bond donors (Lipinski definition) is 2. The molecule has 17 heavy (non-hydrogen) atoms. The summed E-state index contributed by atoms with van der Waals surface area (Å²) in [5.41, 5.74) is 6.90. The summed E-state index contributed by atoms with van der Waals surface area (Å²) in [5, 5.41) is 2.91. The average Bonchev–Trinajstić information content (AvgIpc) is 3.05. The summed E-state index contributed by atoms with van der Waals surface area (Å²) in [4.78, 5) is 15.6. The van der Waals surface area contributed by atoms with Gasteiger partial charge >= 0.3 is 0 Å². The Hall–Kier alpha value is -1.29. The highest BCUT2D eigenvalue weighted by Gasteiger charge is 2.20. The molecule has 0 unspecified atom stereocenters. The molecule has 0 radical (unpaired) electrons. The lowest BCUT2D eigenvalue weighted by molar-refractivity contribution is -0.120. The average molecular weight is 256 g/mol. The van der Waals surface area contributed by atoms with E-state index >= 15 is 0 Å².